The molecule has 1 heterocycles. The zero-order chi connectivity index (χ0) is 5.82. The molecule has 0 fully saturated rings. The van der Waals surface area contributed by atoms with Gasteiger partial charge in [0.25, 0.3) is 0 Å². The summed E-state index contributed by atoms with van der Waals surface area (Å²) in [4.78, 5) is 3.96. The van der Waals surface area contributed by atoms with E-state index in [4.69, 9.17) is 0 Å². The van der Waals surface area contributed by atoms with Crippen LogP contribution in [0, 0.1) is 0 Å². The zero-order valence-electron chi connectivity index (χ0n) is 5.37. The van der Waals surface area contributed by atoms with Gasteiger partial charge in [-0.2, -0.15) is 0 Å². The first kappa shape index (κ1) is 8.44. The molecule has 0 radical (unpaired) electrons. The van der Waals surface area contributed by atoms with Gasteiger partial charge in [-0.15, -0.1) is 12.4 Å². The molecule has 2 heteroatoms. The first-order chi connectivity index (χ1) is 3.93. The third-order valence-electron chi connectivity index (χ3n) is 1.13. The second kappa shape index (κ2) is 4.33. The molecule has 0 aromatic carbocycles. The molecule has 0 N–H and O–H groups in total. The number of hydrogen-bond acceptors (Lipinski definition) is 1. The lowest BCUT2D eigenvalue weighted by Crippen LogP contribution is -1.77. The molecule has 0 bridgehead atoms. The first-order valence-corrected chi connectivity index (χ1v) is 2.82. The average Bonchev–Trinajstić information content (AvgIpc) is 1.90. The largest absolute Gasteiger partial charge is 0.264 e. The number of pyridine rings is 1. The SMILES string of the molecule is CCc1cccnc1.Cl. The van der Waals surface area contributed by atoms with Gasteiger partial charge >= 0.3 is 0 Å². The van der Waals surface area contributed by atoms with E-state index in [1.54, 1.807) is 6.20 Å². The summed E-state index contributed by atoms with van der Waals surface area (Å²) >= 11 is 0. The van der Waals surface area contributed by atoms with Crippen LogP contribution in [0.25, 0.3) is 0 Å². The molecule has 0 aliphatic rings. The van der Waals surface area contributed by atoms with E-state index in [2.05, 4.69) is 18.0 Å². The van der Waals surface area contributed by atoms with Crippen molar-refractivity contribution >= 4 is 12.4 Å². The molecule has 0 spiro atoms. The Kier molecular flexibility index (Phi) is 4.06. The third-order valence-corrected chi connectivity index (χ3v) is 1.13. The van der Waals surface area contributed by atoms with Gasteiger partial charge in [0.1, 0.15) is 0 Å². The molecule has 0 aliphatic heterocycles. The number of halogens is 1. The van der Waals surface area contributed by atoms with Crippen molar-refractivity contribution in [1.82, 2.24) is 4.98 Å². The minimum Gasteiger partial charge on any atom is -0.264 e. The van der Waals surface area contributed by atoms with Crippen molar-refractivity contribution in [2.45, 2.75) is 13.3 Å². The maximum absolute atomic E-state index is 3.96. The van der Waals surface area contributed by atoms with Crippen LogP contribution in [0.5, 0.6) is 0 Å². The summed E-state index contributed by atoms with van der Waals surface area (Å²) in [6, 6.07) is 4.03. The van der Waals surface area contributed by atoms with E-state index < -0.39 is 0 Å². The summed E-state index contributed by atoms with van der Waals surface area (Å²) in [6.45, 7) is 2.12. The molecule has 50 valence electrons. The Morgan fingerprint density at radius 1 is 1.56 bits per heavy atom. The van der Waals surface area contributed by atoms with Crippen molar-refractivity contribution in [3.8, 4) is 0 Å². The summed E-state index contributed by atoms with van der Waals surface area (Å²) < 4.78 is 0. The summed E-state index contributed by atoms with van der Waals surface area (Å²) in [5.41, 5.74) is 1.30. The van der Waals surface area contributed by atoms with Crippen molar-refractivity contribution < 1.29 is 0 Å². The quantitative estimate of drug-likeness (QED) is 0.587. The molecule has 0 amide bonds. The molecule has 1 nitrogen and oxygen atoms in total. The number of aryl methyl sites for hydroxylation is 1. The summed E-state index contributed by atoms with van der Waals surface area (Å²) in [5.74, 6) is 0. The molecule has 1 aromatic rings. The smallest absolute Gasteiger partial charge is 0.0299 e. The Labute approximate surface area is 61.5 Å². The second-order valence-electron chi connectivity index (χ2n) is 1.71. The van der Waals surface area contributed by atoms with Gasteiger partial charge in [-0.3, -0.25) is 4.98 Å². The molecule has 0 atom stereocenters. The highest BCUT2D eigenvalue weighted by Crippen LogP contribution is 1.93. The first-order valence-electron chi connectivity index (χ1n) is 2.82. The Morgan fingerprint density at radius 3 is 2.67 bits per heavy atom. The number of nitrogens with zero attached hydrogens (tertiary/aromatic N) is 1. The van der Waals surface area contributed by atoms with Crippen molar-refractivity contribution in [3.63, 3.8) is 0 Å². The van der Waals surface area contributed by atoms with Gasteiger partial charge in [0.2, 0.25) is 0 Å². The minimum atomic E-state index is 0. The van der Waals surface area contributed by atoms with Gasteiger partial charge in [-0.1, -0.05) is 13.0 Å². The lowest BCUT2D eigenvalue weighted by atomic mass is 10.2. The average molecular weight is 144 g/mol. The molecular weight excluding hydrogens is 134 g/mol. The molecular formula is C7H10ClN. The Morgan fingerprint density at radius 2 is 2.33 bits per heavy atom. The lowest BCUT2D eigenvalue weighted by molar-refractivity contribution is 1.10. The summed E-state index contributed by atoms with van der Waals surface area (Å²) in [6.07, 6.45) is 4.76. The number of rotatable bonds is 1. The zero-order valence-corrected chi connectivity index (χ0v) is 6.19. The van der Waals surface area contributed by atoms with Crippen LogP contribution in [0.3, 0.4) is 0 Å². The van der Waals surface area contributed by atoms with E-state index in [9.17, 15) is 0 Å². The minimum absolute atomic E-state index is 0. The van der Waals surface area contributed by atoms with E-state index in [0.29, 0.717) is 0 Å². The Hall–Kier alpha value is -0.560. The van der Waals surface area contributed by atoms with Gasteiger partial charge in [-0.25, -0.2) is 0 Å². The van der Waals surface area contributed by atoms with Crippen LogP contribution in [0.15, 0.2) is 24.5 Å². The van der Waals surface area contributed by atoms with Gasteiger partial charge in [0, 0.05) is 12.4 Å². The summed E-state index contributed by atoms with van der Waals surface area (Å²) in [7, 11) is 0. The predicted octanol–water partition coefficient (Wildman–Crippen LogP) is 2.07. The molecule has 1 aromatic heterocycles. The van der Waals surface area contributed by atoms with Crippen LogP contribution in [-0.4, -0.2) is 4.98 Å². The molecule has 0 aliphatic carbocycles. The lowest BCUT2D eigenvalue weighted by Gasteiger charge is -1.88. The van der Waals surface area contributed by atoms with Crippen LogP contribution in [0.2, 0.25) is 0 Å². The van der Waals surface area contributed by atoms with Crippen LogP contribution >= 0.6 is 12.4 Å². The topological polar surface area (TPSA) is 12.9 Å². The van der Waals surface area contributed by atoms with E-state index in [-0.39, 0.29) is 12.4 Å². The van der Waals surface area contributed by atoms with Crippen LogP contribution in [0.1, 0.15) is 12.5 Å². The maximum Gasteiger partial charge on any atom is 0.0299 e. The highest BCUT2D eigenvalue weighted by atomic mass is 35.5. The maximum atomic E-state index is 3.96. The van der Waals surface area contributed by atoms with Gasteiger partial charge in [0.05, 0.1) is 0 Å². The van der Waals surface area contributed by atoms with Gasteiger partial charge < -0.3 is 0 Å². The van der Waals surface area contributed by atoms with Crippen LogP contribution < -0.4 is 0 Å². The number of hydrogen-bond donors (Lipinski definition) is 0. The Bertz CT molecular complexity index is 150. The van der Waals surface area contributed by atoms with Gasteiger partial charge in [-0.05, 0) is 18.1 Å². The molecule has 0 saturated heterocycles. The van der Waals surface area contributed by atoms with E-state index in [0.717, 1.165) is 6.42 Å². The van der Waals surface area contributed by atoms with E-state index in [1.807, 2.05) is 12.3 Å². The van der Waals surface area contributed by atoms with E-state index >= 15 is 0 Å². The fourth-order valence-corrected chi connectivity index (χ4v) is 0.607. The fourth-order valence-electron chi connectivity index (χ4n) is 0.607. The highest BCUT2D eigenvalue weighted by molar-refractivity contribution is 5.85. The normalized spacial score (nSPS) is 8.11. The monoisotopic (exact) mass is 143 g/mol. The van der Waals surface area contributed by atoms with Crippen molar-refractivity contribution in [2.75, 3.05) is 0 Å². The molecule has 1 rings (SSSR count). The highest BCUT2D eigenvalue weighted by Gasteiger charge is 1.81. The van der Waals surface area contributed by atoms with Crippen LogP contribution in [0.4, 0.5) is 0 Å². The fraction of sp³-hybridized carbons (Fsp3) is 0.286. The van der Waals surface area contributed by atoms with Crippen molar-refractivity contribution in [3.05, 3.63) is 30.1 Å². The van der Waals surface area contributed by atoms with E-state index in [1.165, 1.54) is 5.56 Å². The molecule has 0 saturated carbocycles. The number of aromatic nitrogens is 1. The van der Waals surface area contributed by atoms with Crippen LogP contribution in [-0.2, 0) is 6.42 Å². The van der Waals surface area contributed by atoms with Crippen molar-refractivity contribution in [1.29, 1.82) is 0 Å². The predicted molar refractivity (Wildman–Crippen MR) is 40.9 cm³/mol. The molecule has 0 unspecified atom stereocenters. The molecule has 9 heavy (non-hydrogen) atoms. The second-order valence-corrected chi connectivity index (χ2v) is 1.71. The third kappa shape index (κ3) is 2.47. The standard InChI is InChI=1S/C7H9N.ClH/c1-2-7-4-3-5-8-6-7;/h3-6H,2H2,1H3;1H. The Balaban J connectivity index is 0.000000640. The van der Waals surface area contributed by atoms with Crippen molar-refractivity contribution in [2.24, 2.45) is 0 Å². The van der Waals surface area contributed by atoms with Gasteiger partial charge in [0.15, 0.2) is 0 Å². The summed E-state index contributed by atoms with van der Waals surface area (Å²) in [5, 5.41) is 0.